The lowest BCUT2D eigenvalue weighted by atomic mass is 10.1. The van der Waals surface area contributed by atoms with E-state index in [9.17, 15) is 4.79 Å². The van der Waals surface area contributed by atoms with Crippen LogP contribution in [0.2, 0.25) is 0 Å². The summed E-state index contributed by atoms with van der Waals surface area (Å²) in [6.45, 7) is 8.08. The SMILES string of the molecule is Cc1ccc(Nc2nc(C(=O)Nc3c(C)cccc3C)cs2)c(C)c1. The van der Waals surface area contributed by atoms with Gasteiger partial charge in [0.15, 0.2) is 5.13 Å². The molecule has 0 radical (unpaired) electrons. The number of thiazole rings is 1. The number of amides is 1. The fourth-order valence-corrected chi connectivity index (χ4v) is 3.40. The van der Waals surface area contributed by atoms with Gasteiger partial charge in [-0.3, -0.25) is 4.79 Å². The third-order valence-corrected chi connectivity index (χ3v) is 4.84. The molecule has 1 heterocycles. The van der Waals surface area contributed by atoms with E-state index in [2.05, 4.69) is 41.6 Å². The third kappa shape index (κ3) is 3.88. The molecule has 0 aliphatic rings. The summed E-state index contributed by atoms with van der Waals surface area (Å²) >= 11 is 1.42. The molecule has 0 saturated carbocycles. The minimum atomic E-state index is -0.192. The molecule has 0 aliphatic carbocycles. The highest BCUT2D eigenvalue weighted by atomic mass is 32.1. The predicted octanol–water partition coefficient (Wildman–Crippen LogP) is 5.37. The summed E-state index contributed by atoms with van der Waals surface area (Å²) in [5.74, 6) is -0.192. The molecule has 5 heteroatoms. The van der Waals surface area contributed by atoms with Crippen molar-refractivity contribution >= 4 is 33.8 Å². The zero-order valence-electron chi connectivity index (χ0n) is 14.8. The van der Waals surface area contributed by atoms with Crippen molar-refractivity contribution < 1.29 is 4.79 Å². The number of aromatic nitrogens is 1. The molecule has 1 aromatic heterocycles. The first-order chi connectivity index (χ1) is 11.9. The van der Waals surface area contributed by atoms with Crippen LogP contribution in [0.4, 0.5) is 16.5 Å². The van der Waals surface area contributed by atoms with Gasteiger partial charge in [0.2, 0.25) is 0 Å². The molecular formula is C20H21N3OS. The summed E-state index contributed by atoms with van der Waals surface area (Å²) in [6, 6.07) is 12.1. The van der Waals surface area contributed by atoms with Crippen LogP contribution in [0.15, 0.2) is 41.8 Å². The number of nitrogens with zero attached hydrogens (tertiary/aromatic N) is 1. The zero-order valence-corrected chi connectivity index (χ0v) is 15.6. The fourth-order valence-electron chi connectivity index (χ4n) is 2.69. The van der Waals surface area contributed by atoms with Gasteiger partial charge >= 0.3 is 0 Å². The number of carbonyl (C=O) groups is 1. The molecule has 3 aromatic rings. The lowest BCUT2D eigenvalue weighted by molar-refractivity contribution is 0.102. The molecule has 0 unspecified atom stereocenters. The highest BCUT2D eigenvalue weighted by Crippen LogP contribution is 2.25. The fraction of sp³-hybridized carbons (Fsp3) is 0.200. The van der Waals surface area contributed by atoms with Crippen molar-refractivity contribution in [3.8, 4) is 0 Å². The third-order valence-electron chi connectivity index (χ3n) is 4.08. The van der Waals surface area contributed by atoms with E-state index < -0.39 is 0 Å². The van der Waals surface area contributed by atoms with Crippen molar-refractivity contribution in [3.63, 3.8) is 0 Å². The Balaban J connectivity index is 1.75. The maximum atomic E-state index is 12.5. The summed E-state index contributed by atoms with van der Waals surface area (Å²) in [6.07, 6.45) is 0. The van der Waals surface area contributed by atoms with E-state index in [-0.39, 0.29) is 5.91 Å². The molecule has 128 valence electrons. The van der Waals surface area contributed by atoms with Crippen LogP contribution < -0.4 is 10.6 Å². The van der Waals surface area contributed by atoms with Crippen LogP contribution >= 0.6 is 11.3 Å². The Kier molecular flexibility index (Phi) is 4.86. The summed E-state index contributed by atoms with van der Waals surface area (Å²) < 4.78 is 0. The van der Waals surface area contributed by atoms with E-state index in [1.54, 1.807) is 5.38 Å². The minimum absolute atomic E-state index is 0.192. The minimum Gasteiger partial charge on any atom is -0.331 e. The predicted molar refractivity (Wildman–Crippen MR) is 105 cm³/mol. The molecule has 0 aliphatic heterocycles. The first-order valence-corrected chi connectivity index (χ1v) is 8.99. The molecule has 2 N–H and O–H groups in total. The van der Waals surface area contributed by atoms with Crippen molar-refractivity contribution in [2.75, 3.05) is 10.6 Å². The van der Waals surface area contributed by atoms with Gasteiger partial charge in [0, 0.05) is 16.8 Å². The average molecular weight is 351 g/mol. The number of hydrogen-bond donors (Lipinski definition) is 2. The smallest absolute Gasteiger partial charge is 0.275 e. The van der Waals surface area contributed by atoms with Gasteiger partial charge in [0.25, 0.3) is 5.91 Å². The molecule has 4 nitrogen and oxygen atoms in total. The average Bonchev–Trinajstić information content (AvgIpc) is 3.02. The maximum Gasteiger partial charge on any atom is 0.275 e. The Bertz CT molecular complexity index is 910. The van der Waals surface area contributed by atoms with Gasteiger partial charge in [-0.25, -0.2) is 4.98 Å². The van der Waals surface area contributed by atoms with Crippen molar-refractivity contribution in [2.24, 2.45) is 0 Å². The molecular weight excluding hydrogens is 330 g/mol. The number of aryl methyl sites for hydroxylation is 4. The molecule has 0 saturated heterocycles. The first-order valence-electron chi connectivity index (χ1n) is 8.11. The number of benzene rings is 2. The van der Waals surface area contributed by atoms with Crippen LogP contribution in [0, 0.1) is 27.7 Å². The Morgan fingerprint density at radius 2 is 1.72 bits per heavy atom. The Labute approximate surface area is 151 Å². The van der Waals surface area contributed by atoms with E-state index in [1.807, 2.05) is 38.1 Å². The number of hydrogen-bond acceptors (Lipinski definition) is 4. The van der Waals surface area contributed by atoms with Gasteiger partial charge in [-0.1, -0.05) is 35.9 Å². The van der Waals surface area contributed by atoms with Gasteiger partial charge in [-0.15, -0.1) is 11.3 Å². The van der Waals surface area contributed by atoms with Crippen LogP contribution in [0.1, 0.15) is 32.7 Å². The summed E-state index contributed by atoms with van der Waals surface area (Å²) in [5.41, 5.74) is 6.72. The topological polar surface area (TPSA) is 54.0 Å². The molecule has 1 amide bonds. The second-order valence-corrected chi connectivity index (χ2v) is 7.06. The Morgan fingerprint density at radius 3 is 2.40 bits per heavy atom. The standard InChI is InChI=1S/C20H21N3OS/c1-12-8-9-16(15(4)10-12)21-20-22-17(11-25-20)19(24)23-18-13(2)6-5-7-14(18)3/h5-11H,1-4H3,(H,21,22)(H,23,24). The van der Waals surface area contributed by atoms with E-state index >= 15 is 0 Å². The van der Waals surface area contributed by atoms with Crippen molar-refractivity contribution in [3.05, 3.63) is 69.7 Å². The lowest BCUT2D eigenvalue weighted by Gasteiger charge is -2.10. The van der Waals surface area contributed by atoms with Gasteiger partial charge in [0.1, 0.15) is 5.69 Å². The van der Waals surface area contributed by atoms with E-state index in [0.717, 1.165) is 28.1 Å². The first kappa shape index (κ1) is 17.2. The number of para-hydroxylation sites is 1. The largest absolute Gasteiger partial charge is 0.331 e. The molecule has 0 bridgehead atoms. The van der Waals surface area contributed by atoms with E-state index in [0.29, 0.717) is 10.8 Å². The number of carbonyl (C=O) groups excluding carboxylic acids is 1. The Morgan fingerprint density at radius 1 is 1.00 bits per heavy atom. The van der Waals surface area contributed by atoms with E-state index in [1.165, 1.54) is 16.9 Å². The van der Waals surface area contributed by atoms with Crippen LogP contribution in [0.3, 0.4) is 0 Å². The van der Waals surface area contributed by atoms with Gasteiger partial charge in [-0.2, -0.15) is 0 Å². The van der Waals surface area contributed by atoms with Crippen molar-refractivity contribution in [1.82, 2.24) is 4.98 Å². The zero-order chi connectivity index (χ0) is 18.0. The van der Waals surface area contributed by atoms with Crippen LogP contribution in [0.25, 0.3) is 0 Å². The number of rotatable bonds is 4. The monoisotopic (exact) mass is 351 g/mol. The maximum absolute atomic E-state index is 12.5. The molecule has 3 rings (SSSR count). The number of nitrogens with one attached hydrogen (secondary N) is 2. The van der Waals surface area contributed by atoms with Gasteiger partial charge in [0.05, 0.1) is 0 Å². The van der Waals surface area contributed by atoms with Crippen molar-refractivity contribution in [1.29, 1.82) is 0 Å². The van der Waals surface area contributed by atoms with Crippen LogP contribution in [-0.4, -0.2) is 10.9 Å². The van der Waals surface area contributed by atoms with E-state index in [4.69, 9.17) is 0 Å². The van der Waals surface area contributed by atoms with Gasteiger partial charge in [-0.05, 0) is 50.5 Å². The molecule has 0 spiro atoms. The normalized spacial score (nSPS) is 10.6. The van der Waals surface area contributed by atoms with Gasteiger partial charge < -0.3 is 10.6 Å². The molecule has 25 heavy (non-hydrogen) atoms. The Hall–Kier alpha value is -2.66. The highest BCUT2D eigenvalue weighted by Gasteiger charge is 2.13. The molecule has 2 aromatic carbocycles. The quantitative estimate of drug-likeness (QED) is 0.664. The lowest BCUT2D eigenvalue weighted by Crippen LogP contribution is -2.14. The van der Waals surface area contributed by atoms with Crippen molar-refractivity contribution in [2.45, 2.75) is 27.7 Å². The summed E-state index contributed by atoms with van der Waals surface area (Å²) in [5, 5.41) is 8.74. The van der Waals surface area contributed by atoms with Crippen LogP contribution in [-0.2, 0) is 0 Å². The highest BCUT2D eigenvalue weighted by molar-refractivity contribution is 7.14. The second-order valence-electron chi connectivity index (χ2n) is 6.20. The summed E-state index contributed by atoms with van der Waals surface area (Å²) in [7, 11) is 0. The number of anilines is 3. The molecule has 0 atom stereocenters. The van der Waals surface area contributed by atoms with Crippen LogP contribution in [0.5, 0.6) is 0 Å². The second kappa shape index (κ2) is 7.07. The molecule has 0 fully saturated rings. The summed E-state index contributed by atoms with van der Waals surface area (Å²) in [4.78, 5) is 16.9.